The molecule has 94 valence electrons. The highest BCUT2D eigenvalue weighted by Gasteiger charge is 2.18. The van der Waals surface area contributed by atoms with E-state index in [-0.39, 0.29) is 23.7 Å². The lowest BCUT2D eigenvalue weighted by atomic mass is 10.1. The van der Waals surface area contributed by atoms with Gasteiger partial charge in [0.1, 0.15) is 5.69 Å². The fourth-order valence-electron chi connectivity index (χ4n) is 1.29. The van der Waals surface area contributed by atoms with Crippen molar-refractivity contribution in [2.24, 2.45) is 5.73 Å². The number of pyridine rings is 1. The highest BCUT2D eigenvalue weighted by atomic mass is 35.5. The van der Waals surface area contributed by atoms with Crippen molar-refractivity contribution in [1.82, 2.24) is 4.98 Å². The minimum Gasteiger partial charge on any atom is -0.469 e. The lowest BCUT2D eigenvalue weighted by Crippen LogP contribution is -2.13. The van der Waals surface area contributed by atoms with E-state index in [0.29, 0.717) is 5.56 Å². The summed E-state index contributed by atoms with van der Waals surface area (Å²) in [4.78, 5) is 14.8. The van der Waals surface area contributed by atoms with E-state index < -0.39 is 18.1 Å². The number of aromatic nitrogens is 1. The molecule has 0 radical (unpaired) electrons. The Morgan fingerprint density at radius 3 is 2.76 bits per heavy atom. The van der Waals surface area contributed by atoms with E-state index in [2.05, 4.69) is 9.72 Å². The molecule has 1 aromatic rings. The van der Waals surface area contributed by atoms with E-state index in [4.69, 9.17) is 17.3 Å². The Balaban J connectivity index is 3.19. The molecule has 0 spiro atoms. The first-order valence-corrected chi connectivity index (χ1v) is 5.10. The Hall–Kier alpha value is -1.27. The van der Waals surface area contributed by atoms with Crippen molar-refractivity contribution < 1.29 is 18.3 Å². The monoisotopic (exact) mass is 264 g/mol. The molecule has 0 atom stereocenters. The molecule has 0 saturated heterocycles. The van der Waals surface area contributed by atoms with E-state index in [1.54, 1.807) is 0 Å². The fraction of sp³-hybridized carbons (Fsp3) is 0.400. The van der Waals surface area contributed by atoms with Gasteiger partial charge >= 0.3 is 5.97 Å². The molecule has 0 aromatic carbocycles. The van der Waals surface area contributed by atoms with E-state index in [1.165, 1.54) is 7.11 Å². The Kier molecular flexibility index (Phi) is 4.77. The van der Waals surface area contributed by atoms with Crippen molar-refractivity contribution in [3.63, 3.8) is 0 Å². The number of esters is 1. The van der Waals surface area contributed by atoms with Gasteiger partial charge in [0.25, 0.3) is 6.43 Å². The second-order valence-corrected chi connectivity index (χ2v) is 3.62. The molecule has 0 aliphatic carbocycles. The molecule has 0 fully saturated rings. The number of nitrogens with two attached hydrogens (primary N) is 1. The number of rotatable bonds is 4. The molecule has 1 aromatic heterocycles. The predicted octanol–water partition coefficient (Wildman–Crippen LogP) is 1.85. The number of methoxy groups -OCH3 is 1. The third-order valence-corrected chi connectivity index (χ3v) is 2.48. The third-order valence-electron chi connectivity index (χ3n) is 2.14. The zero-order valence-electron chi connectivity index (χ0n) is 9.04. The number of hydrogen-bond donors (Lipinski definition) is 1. The average Bonchev–Trinajstić information content (AvgIpc) is 2.28. The third kappa shape index (κ3) is 3.34. The summed E-state index contributed by atoms with van der Waals surface area (Å²) in [7, 11) is 1.20. The van der Waals surface area contributed by atoms with Crippen molar-refractivity contribution in [2.75, 3.05) is 7.11 Å². The first-order chi connectivity index (χ1) is 7.99. The largest absolute Gasteiger partial charge is 0.469 e. The number of nitrogens with zero attached hydrogens (tertiary/aromatic N) is 1. The first-order valence-electron chi connectivity index (χ1n) is 4.72. The van der Waals surface area contributed by atoms with Gasteiger partial charge in [-0.1, -0.05) is 11.6 Å². The van der Waals surface area contributed by atoms with Gasteiger partial charge in [-0.05, 0) is 6.07 Å². The molecule has 7 heteroatoms. The molecule has 0 unspecified atom stereocenters. The minimum absolute atomic E-state index is 0.0156. The Morgan fingerprint density at radius 1 is 1.65 bits per heavy atom. The van der Waals surface area contributed by atoms with Gasteiger partial charge in [0.15, 0.2) is 0 Å². The van der Waals surface area contributed by atoms with Crippen LogP contribution in [-0.4, -0.2) is 18.1 Å². The van der Waals surface area contributed by atoms with Crippen molar-refractivity contribution in [3.05, 3.63) is 28.0 Å². The Labute approximate surface area is 102 Å². The summed E-state index contributed by atoms with van der Waals surface area (Å²) >= 11 is 5.80. The smallest absolute Gasteiger partial charge is 0.311 e. The maximum atomic E-state index is 12.5. The molecule has 17 heavy (non-hydrogen) atoms. The zero-order valence-corrected chi connectivity index (χ0v) is 9.80. The molecule has 4 nitrogen and oxygen atoms in total. The van der Waals surface area contributed by atoms with Crippen molar-refractivity contribution in [1.29, 1.82) is 0 Å². The van der Waals surface area contributed by atoms with Gasteiger partial charge in [0.05, 0.1) is 19.2 Å². The summed E-state index contributed by atoms with van der Waals surface area (Å²) < 4.78 is 29.5. The van der Waals surface area contributed by atoms with Crippen LogP contribution in [0.2, 0.25) is 5.02 Å². The van der Waals surface area contributed by atoms with E-state index >= 15 is 0 Å². The maximum absolute atomic E-state index is 12.5. The van der Waals surface area contributed by atoms with Gasteiger partial charge in [0, 0.05) is 17.1 Å². The predicted molar refractivity (Wildman–Crippen MR) is 57.8 cm³/mol. The van der Waals surface area contributed by atoms with Crippen LogP contribution >= 0.6 is 11.6 Å². The van der Waals surface area contributed by atoms with Crippen LogP contribution in [0, 0.1) is 0 Å². The maximum Gasteiger partial charge on any atom is 0.311 e. The fourth-order valence-corrected chi connectivity index (χ4v) is 1.59. The van der Waals surface area contributed by atoms with Crippen LogP contribution < -0.4 is 5.73 Å². The van der Waals surface area contributed by atoms with Crippen LogP contribution in [0.25, 0.3) is 0 Å². The SMILES string of the molecule is COC(=O)Cc1nc(C(F)F)cc(Cl)c1CN. The van der Waals surface area contributed by atoms with Crippen LogP contribution in [0.3, 0.4) is 0 Å². The minimum atomic E-state index is -2.75. The van der Waals surface area contributed by atoms with Gasteiger partial charge in [-0.2, -0.15) is 0 Å². The second-order valence-electron chi connectivity index (χ2n) is 3.21. The van der Waals surface area contributed by atoms with E-state index in [9.17, 15) is 13.6 Å². The van der Waals surface area contributed by atoms with Gasteiger partial charge in [0.2, 0.25) is 0 Å². The lowest BCUT2D eigenvalue weighted by molar-refractivity contribution is -0.139. The topological polar surface area (TPSA) is 65.2 Å². The number of alkyl halides is 2. The van der Waals surface area contributed by atoms with E-state index in [0.717, 1.165) is 6.07 Å². The quantitative estimate of drug-likeness (QED) is 0.843. The molecule has 0 aliphatic rings. The Morgan fingerprint density at radius 2 is 2.29 bits per heavy atom. The second kappa shape index (κ2) is 5.88. The van der Waals surface area contributed by atoms with Crippen molar-refractivity contribution in [2.45, 2.75) is 19.4 Å². The molecule has 0 bridgehead atoms. The number of carbonyl (C=O) groups excluding carboxylic acids is 1. The Bertz CT molecular complexity index is 427. The summed E-state index contributed by atoms with van der Waals surface area (Å²) in [5.74, 6) is -0.588. The summed E-state index contributed by atoms with van der Waals surface area (Å²) in [5.41, 5.74) is 5.45. The van der Waals surface area contributed by atoms with Gasteiger partial charge < -0.3 is 10.5 Å². The number of carbonyl (C=O) groups is 1. The number of ether oxygens (including phenoxy) is 1. The molecular weight excluding hydrogens is 254 g/mol. The van der Waals surface area contributed by atoms with E-state index in [1.807, 2.05) is 0 Å². The lowest BCUT2D eigenvalue weighted by Gasteiger charge is -2.10. The molecule has 0 aliphatic heterocycles. The van der Waals surface area contributed by atoms with Crippen LogP contribution in [0.5, 0.6) is 0 Å². The molecule has 2 N–H and O–H groups in total. The molecule has 0 saturated carbocycles. The van der Waals surface area contributed by atoms with Crippen molar-refractivity contribution >= 4 is 17.6 Å². The molecule has 1 heterocycles. The van der Waals surface area contributed by atoms with Gasteiger partial charge in [-0.3, -0.25) is 9.78 Å². The zero-order chi connectivity index (χ0) is 13.0. The van der Waals surface area contributed by atoms with Crippen LogP contribution in [0.1, 0.15) is 23.4 Å². The highest BCUT2D eigenvalue weighted by Crippen LogP contribution is 2.25. The van der Waals surface area contributed by atoms with Crippen molar-refractivity contribution in [3.8, 4) is 0 Å². The normalized spacial score (nSPS) is 10.7. The van der Waals surface area contributed by atoms with Gasteiger partial charge in [-0.25, -0.2) is 8.78 Å². The summed E-state index contributed by atoms with van der Waals surface area (Å²) in [6.07, 6.45) is -2.99. The average molecular weight is 265 g/mol. The highest BCUT2D eigenvalue weighted by molar-refractivity contribution is 6.31. The van der Waals surface area contributed by atoms with Gasteiger partial charge in [-0.15, -0.1) is 0 Å². The summed E-state index contributed by atoms with van der Waals surface area (Å²) in [6, 6.07) is 1.05. The molecular formula is C10H11ClF2N2O2. The number of halogens is 3. The standard InChI is InChI=1S/C10H11ClF2N2O2/c1-17-9(16)3-7-5(4-14)6(11)2-8(15-7)10(12)13/h2,10H,3-4,14H2,1H3. The van der Waals surface area contributed by atoms with Crippen LogP contribution in [0.15, 0.2) is 6.07 Å². The summed E-state index contributed by atoms with van der Waals surface area (Å²) in [6.45, 7) is 0.0156. The number of hydrogen-bond acceptors (Lipinski definition) is 4. The first kappa shape index (κ1) is 13.8. The summed E-state index contributed by atoms with van der Waals surface area (Å²) in [5, 5.41) is 0.0803. The van der Waals surface area contributed by atoms with Crippen LogP contribution in [0.4, 0.5) is 8.78 Å². The molecule has 0 amide bonds. The van der Waals surface area contributed by atoms with Crippen LogP contribution in [-0.2, 0) is 22.5 Å². The molecule has 1 rings (SSSR count).